The zero-order valence-corrected chi connectivity index (χ0v) is 12.1. The van der Waals surface area contributed by atoms with Crippen molar-refractivity contribution in [2.24, 2.45) is 0 Å². The molecule has 6 nitrogen and oxygen atoms in total. The number of aryl methyl sites for hydroxylation is 1. The zero-order valence-electron chi connectivity index (χ0n) is 11.3. The van der Waals surface area contributed by atoms with Crippen LogP contribution in [0.5, 0.6) is 0 Å². The summed E-state index contributed by atoms with van der Waals surface area (Å²) in [5.74, 6) is -1.10. The molecule has 0 saturated carbocycles. The maximum Gasteiger partial charge on any atom is 0.335 e. The van der Waals surface area contributed by atoms with Gasteiger partial charge in [0.1, 0.15) is 0 Å². The molecule has 0 spiro atoms. The number of hydrogen-bond acceptors (Lipinski definition) is 4. The number of benzene rings is 1. The van der Waals surface area contributed by atoms with Crippen molar-refractivity contribution in [2.75, 3.05) is 0 Å². The van der Waals surface area contributed by atoms with Crippen molar-refractivity contribution in [1.82, 2.24) is 9.71 Å². The van der Waals surface area contributed by atoms with E-state index in [0.29, 0.717) is 0 Å². The average molecular weight is 306 g/mol. The molecule has 0 atom stereocenters. The van der Waals surface area contributed by atoms with Gasteiger partial charge in [0.2, 0.25) is 10.0 Å². The number of nitrogens with zero attached hydrogens (tertiary/aromatic N) is 1. The van der Waals surface area contributed by atoms with Gasteiger partial charge in [0.05, 0.1) is 10.5 Å². The first-order valence-electron chi connectivity index (χ1n) is 6.12. The third-order valence-electron chi connectivity index (χ3n) is 3.00. The van der Waals surface area contributed by atoms with Crippen molar-refractivity contribution in [3.63, 3.8) is 0 Å². The summed E-state index contributed by atoms with van der Waals surface area (Å²) in [5, 5.41) is 8.79. The lowest BCUT2D eigenvalue weighted by atomic mass is 10.2. The van der Waals surface area contributed by atoms with Crippen LogP contribution in [0.3, 0.4) is 0 Å². The first-order chi connectivity index (χ1) is 9.90. The number of carboxylic acids is 1. The van der Waals surface area contributed by atoms with Crippen LogP contribution in [-0.2, 0) is 16.6 Å². The lowest BCUT2D eigenvalue weighted by Gasteiger charge is -2.08. The van der Waals surface area contributed by atoms with Gasteiger partial charge in [-0.05, 0) is 48.4 Å². The number of carboxylic acid groups (broad SMARTS) is 1. The Labute approximate surface area is 122 Å². The fourth-order valence-electron chi connectivity index (χ4n) is 1.73. The number of pyridine rings is 1. The van der Waals surface area contributed by atoms with E-state index in [0.717, 1.165) is 11.1 Å². The molecule has 1 aromatic carbocycles. The van der Waals surface area contributed by atoms with Crippen molar-refractivity contribution in [2.45, 2.75) is 18.4 Å². The van der Waals surface area contributed by atoms with Crippen LogP contribution in [-0.4, -0.2) is 24.5 Å². The Kier molecular flexibility index (Phi) is 4.35. The SMILES string of the molecule is Cc1cnccc1CNS(=O)(=O)c1ccc(C(=O)O)cc1. The summed E-state index contributed by atoms with van der Waals surface area (Å²) in [4.78, 5) is 14.7. The highest BCUT2D eigenvalue weighted by Crippen LogP contribution is 2.12. The lowest BCUT2D eigenvalue weighted by Crippen LogP contribution is -2.23. The van der Waals surface area contributed by atoms with Gasteiger partial charge in [0, 0.05) is 18.9 Å². The van der Waals surface area contributed by atoms with Crippen LogP contribution in [0.2, 0.25) is 0 Å². The molecule has 110 valence electrons. The molecule has 0 aliphatic rings. The fourth-order valence-corrected chi connectivity index (χ4v) is 2.74. The molecule has 0 bridgehead atoms. The molecular weight excluding hydrogens is 292 g/mol. The minimum Gasteiger partial charge on any atom is -0.478 e. The highest BCUT2D eigenvalue weighted by Gasteiger charge is 2.15. The number of aromatic nitrogens is 1. The number of hydrogen-bond donors (Lipinski definition) is 2. The number of carbonyl (C=O) groups is 1. The predicted molar refractivity (Wildman–Crippen MR) is 76.4 cm³/mol. The number of nitrogens with one attached hydrogen (secondary N) is 1. The Hall–Kier alpha value is -2.25. The third-order valence-corrected chi connectivity index (χ3v) is 4.42. The number of sulfonamides is 1. The minimum absolute atomic E-state index is 0.0270. The summed E-state index contributed by atoms with van der Waals surface area (Å²) in [7, 11) is -3.68. The fraction of sp³-hybridized carbons (Fsp3) is 0.143. The molecule has 0 radical (unpaired) electrons. The van der Waals surface area contributed by atoms with Crippen LogP contribution in [0.1, 0.15) is 21.5 Å². The van der Waals surface area contributed by atoms with Gasteiger partial charge in [0.25, 0.3) is 0 Å². The largest absolute Gasteiger partial charge is 0.478 e. The molecule has 1 aromatic heterocycles. The lowest BCUT2D eigenvalue weighted by molar-refractivity contribution is 0.0696. The topological polar surface area (TPSA) is 96.4 Å². The molecule has 0 aliphatic heterocycles. The Morgan fingerprint density at radius 2 is 1.90 bits per heavy atom. The molecule has 1 heterocycles. The Balaban J connectivity index is 2.15. The predicted octanol–water partition coefficient (Wildman–Crippen LogP) is 1.57. The van der Waals surface area contributed by atoms with E-state index < -0.39 is 16.0 Å². The second-order valence-electron chi connectivity index (χ2n) is 4.46. The summed E-state index contributed by atoms with van der Waals surface area (Å²) < 4.78 is 26.7. The van der Waals surface area contributed by atoms with Gasteiger partial charge in [-0.25, -0.2) is 17.9 Å². The second kappa shape index (κ2) is 6.02. The maximum absolute atomic E-state index is 12.1. The van der Waals surface area contributed by atoms with Crippen molar-refractivity contribution in [3.05, 3.63) is 59.4 Å². The number of aromatic carboxylic acids is 1. The molecule has 21 heavy (non-hydrogen) atoms. The van der Waals surface area contributed by atoms with Gasteiger partial charge in [-0.2, -0.15) is 0 Å². The van der Waals surface area contributed by atoms with Crippen molar-refractivity contribution in [1.29, 1.82) is 0 Å². The van der Waals surface area contributed by atoms with Crippen LogP contribution >= 0.6 is 0 Å². The molecule has 2 aromatic rings. The monoisotopic (exact) mass is 306 g/mol. The van der Waals surface area contributed by atoms with Crippen LogP contribution < -0.4 is 4.72 Å². The second-order valence-corrected chi connectivity index (χ2v) is 6.22. The first kappa shape index (κ1) is 15.1. The highest BCUT2D eigenvalue weighted by molar-refractivity contribution is 7.89. The highest BCUT2D eigenvalue weighted by atomic mass is 32.2. The maximum atomic E-state index is 12.1. The van der Waals surface area contributed by atoms with E-state index in [-0.39, 0.29) is 17.0 Å². The quantitative estimate of drug-likeness (QED) is 0.874. The van der Waals surface area contributed by atoms with E-state index in [1.54, 1.807) is 18.5 Å². The average Bonchev–Trinajstić information content (AvgIpc) is 2.46. The molecule has 2 N–H and O–H groups in total. The first-order valence-corrected chi connectivity index (χ1v) is 7.61. The standard InChI is InChI=1S/C14H14N2O4S/c1-10-8-15-7-6-12(10)9-16-21(19,20)13-4-2-11(3-5-13)14(17)18/h2-8,16H,9H2,1H3,(H,17,18). The van der Waals surface area contributed by atoms with Crippen LogP contribution in [0, 0.1) is 6.92 Å². The smallest absolute Gasteiger partial charge is 0.335 e. The minimum atomic E-state index is -3.68. The van der Waals surface area contributed by atoms with E-state index in [4.69, 9.17) is 5.11 Å². The van der Waals surface area contributed by atoms with Crippen LogP contribution in [0.25, 0.3) is 0 Å². The van der Waals surface area contributed by atoms with Gasteiger partial charge in [0.15, 0.2) is 0 Å². The van der Waals surface area contributed by atoms with E-state index in [9.17, 15) is 13.2 Å². The summed E-state index contributed by atoms with van der Waals surface area (Å²) in [6, 6.07) is 6.80. The molecule has 2 rings (SSSR count). The molecule has 0 aliphatic carbocycles. The van der Waals surface area contributed by atoms with Crippen molar-refractivity contribution in [3.8, 4) is 0 Å². The molecule has 0 amide bonds. The van der Waals surface area contributed by atoms with Gasteiger partial charge in [-0.3, -0.25) is 4.98 Å². The van der Waals surface area contributed by atoms with E-state index in [1.165, 1.54) is 24.3 Å². The van der Waals surface area contributed by atoms with Crippen molar-refractivity contribution >= 4 is 16.0 Å². The van der Waals surface area contributed by atoms with Crippen LogP contribution in [0.15, 0.2) is 47.6 Å². The summed E-state index contributed by atoms with van der Waals surface area (Å²) in [5.41, 5.74) is 1.76. The van der Waals surface area contributed by atoms with Crippen LogP contribution in [0.4, 0.5) is 0 Å². The summed E-state index contributed by atoms with van der Waals surface area (Å²) >= 11 is 0. The number of rotatable bonds is 5. The van der Waals surface area contributed by atoms with Crippen molar-refractivity contribution < 1.29 is 18.3 Å². The molecule has 0 unspecified atom stereocenters. The van der Waals surface area contributed by atoms with Gasteiger partial charge in [-0.15, -0.1) is 0 Å². The molecule has 0 saturated heterocycles. The third kappa shape index (κ3) is 3.65. The van der Waals surface area contributed by atoms with E-state index in [1.807, 2.05) is 6.92 Å². The Morgan fingerprint density at radius 1 is 1.24 bits per heavy atom. The van der Waals surface area contributed by atoms with E-state index in [2.05, 4.69) is 9.71 Å². The Bertz CT molecular complexity index is 755. The van der Waals surface area contributed by atoms with Gasteiger partial charge in [-0.1, -0.05) is 0 Å². The normalized spacial score (nSPS) is 11.3. The molecule has 7 heteroatoms. The summed E-state index contributed by atoms with van der Waals surface area (Å²) in [6.45, 7) is 2.00. The van der Waals surface area contributed by atoms with Gasteiger partial charge >= 0.3 is 5.97 Å². The zero-order chi connectivity index (χ0) is 15.5. The summed E-state index contributed by atoms with van der Waals surface area (Å²) in [6.07, 6.45) is 3.25. The van der Waals surface area contributed by atoms with Gasteiger partial charge < -0.3 is 5.11 Å². The Morgan fingerprint density at radius 3 is 2.48 bits per heavy atom. The molecule has 0 fully saturated rings. The molecular formula is C14H14N2O4S. The van der Waals surface area contributed by atoms with E-state index >= 15 is 0 Å².